The molecule has 0 spiro atoms. The Balaban J connectivity index is 1.25. The fourth-order valence-corrected chi connectivity index (χ4v) is 9.26. The largest absolute Gasteiger partial charge is 0.303 e. The van der Waals surface area contributed by atoms with Gasteiger partial charge < -0.3 is 4.90 Å². The molecule has 1 aliphatic carbocycles. The van der Waals surface area contributed by atoms with E-state index in [9.17, 15) is 0 Å². The first-order valence-corrected chi connectivity index (χ1v) is 16.4. The fourth-order valence-electron chi connectivity index (χ4n) is 6.58. The van der Waals surface area contributed by atoms with Crippen molar-refractivity contribution in [1.29, 1.82) is 0 Å². The number of fused-ring (bicyclic) bond motifs is 6. The molecule has 0 N–H and O–H groups in total. The molecule has 1 aromatic heterocycles. The van der Waals surface area contributed by atoms with Crippen molar-refractivity contribution in [3.63, 3.8) is 0 Å². The van der Waals surface area contributed by atoms with E-state index in [0.29, 0.717) is 0 Å². The second-order valence-electron chi connectivity index (χ2n) is 11.1. The van der Waals surface area contributed by atoms with Gasteiger partial charge >= 0.3 is 0 Å². The van der Waals surface area contributed by atoms with Crippen LogP contribution < -0.4 is 9.47 Å². The van der Waals surface area contributed by atoms with Gasteiger partial charge in [0.25, 0.3) is 5.01 Å². The Morgan fingerprint density at radius 1 is 0.605 bits per heavy atom. The van der Waals surface area contributed by atoms with Gasteiger partial charge in [-0.2, -0.15) is 0 Å². The zero-order chi connectivity index (χ0) is 28.3. The molecule has 43 heavy (non-hydrogen) atoms. The second-order valence-corrected chi connectivity index (χ2v) is 13.1. The van der Waals surface area contributed by atoms with Crippen molar-refractivity contribution < 1.29 is 4.57 Å². The lowest BCUT2D eigenvalue weighted by Crippen LogP contribution is -2.32. The van der Waals surface area contributed by atoms with Crippen LogP contribution in [0.5, 0.6) is 0 Å². The smallest absolute Gasteiger partial charge is 0.271 e. The summed E-state index contributed by atoms with van der Waals surface area (Å²) in [5, 5.41) is 7.87. The maximum Gasteiger partial charge on any atom is 0.271 e. The second kappa shape index (κ2) is 9.98. The monoisotopic (exact) mass is 587 g/mol. The number of thiazole rings is 1. The highest BCUT2D eigenvalue weighted by Crippen LogP contribution is 2.55. The molecule has 0 saturated heterocycles. The SMILES string of the molecule is C1=C(c2sc3c4ccccc4ccc3[n+]2-c2ccccc2)CCC1=C1Sc2c(ccc3ccccc23)N1c1ccccc1. The molecule has 0 radical (unpaired) electrons. The van der Waals surface area contributed by atoms with Gasteiger partial charge in [0, 0.05) is 39.7 Å². The van der Waals surface area contributed by atoms with E-state index in [-0.39, 0.29) is 0 Å². The highest BCUT2D eigenvalue weighted by molar-refractivity contribution is 8.04. The predicted molar refractivity (Wildman–Crippen MR) is 183 cm³/mol. The van der Waals surface area contributed by atoms with E-state index in [1.54, 1.807) is 0 Å². The summed E-state index contributed by atoms with van der Waals surface area (Å²) >= 11 is 3.86. The average Bonchev–Trinajstić information content (AvgIpc) is 3.81. The van der Waals surface area contributed by atoms with Gasteiger partial charge in [-0.05, 0) is 64.9 Å². The Labute approximate surface area is 258 Å². The summed E-state index contributed by atoms with van der Waals surface area (Å²) < 4.78 is 3.82. The van der Waals surface area contributed by atoms with E-state index in [0.717, 1.165) is 12.8 Å². The maximum atomic E-state index is 2.48. The van der Waals surface area contributed by atoms with Crippen molar-refractivity contribution >= 4 is 71.8 Å². The van der Waals surface area contributed by atoms with Gasteiger partial charge in [0.15, 0.2) is 0 Å². The summed E-state index contributed by atoms with van der Waals surface area (Å²) in [5.41, 5.74) is 7.78. The van der Waals surface area contributed by atoms with E-state index >= 15 is 0 Å². The molecule has 2 heterocycles. The maximum absolute atomic E-state index is 2.48. The van der Waals surface area contributed by atoms with Crippen LogP contribution >= 0.6 is 23.1 Å². The van der Waals surface area contributed by atoms with E-state index in [1.165, 1.54) is 74.9 Å². The predicted octanol–water partition coefficient (Wildman–Crippen LogP) is 10.8. The Kier molecular flexibility index (Phi) is 5.78. The number of para-hydroxylation sites is 2. The Hall–Kier alpha value is -4.64. The standard InChI is InChI=1S/C39H27N2S2/c1-3-13-30(14-4-1)40-34-23-21-26-11-7-9-17-32(26)36(34)42-38(40)28-19-20-29(25-28)39-41(31-15-5-2-6-16-31)35-24-22-27-12-8-10-18-33(27)37(35)43-39/h1-18,21-25H,19-20H2/q+1. The minimum absolute atomic E-state index is 1.02. The number of hydrogen-bond acceptors (Lipinski definition) is 3. The van der Waals surface area contributed by atoms with Crippen molar-refractivity contribution in [3.8, 4) is 5.69 Å². The van der Waals surface area contributed by atoms with Crippen molar-refractivity contribution in [2.24, 2.45) is 0 Å². The molecule has 0 atom stereocenters. The van der Waals surface area contributed by atoms with Crippen LogP contribution in [0.1, 0.15) is 17.8 Å². The molecule has 204 valence electrons. The Bertz CT molecular complexity index is 2260. The van der Waals surface area contributed by atoms with Crippen molar-refractivity contribution in [2.75, 3.05) is 4.90 Å². The summed E-state index contributed by atoms with van der Waals surface area (Å²) in [6, 6.07) is 48.3. The minimum Gasteiger partial charge on any atom is -0.303 e. The van der Waals surface area contributed by atoms with Crippen LogP contribution in [0.4, 0.5) is 11.4 Å². The fraction of sp³-hybridized carbons (Fsp3) is 0.0513. The molecule has 0 unspecified atom stereocenters. The third-order valence-electron chi connectivity index (χ3n) is 8.59. The van der Waals surface area contributed by atoms with Crippen LogP contribution in [0.3, 0.4) is 0 Å². The van der Waals surface area contributed by atoms with Gasteiger partial charge in [0.2, 0.25) is 11.2 Å². The first-order chi connectivity index (χ1) is 21.3. The lowest BCUT2D eigenvalue weighted by Gasteiger charge is -2.22. The van der Waals surface area contributed by atoms with E-state index in [4.69, 9.17) is 0 Å². The van der Waals surface area contributed by atoms with Gasteiger partial charge in [0.05, 0.1) is 10.7 Å². The molecule has 9 rings (SSSR count). The molecular formula is C39H27N2S2+. The minimum atomic E-state index is 1.02. The first-order valence-electron chi connectivity index (χ1n) is 14.7. The molecule has 2 aliphatic rings. The third-order valence-corrected chi connectivity index (χ3v) is 11.1. The molecule has 0 fully saturated rings. The van der Waals surface area contributed by atoms with Crippen LogP contribution in [-0.2, 0) is 0 Å². The van der Waals surface area contributed by atoms with Gasteiger partial charge in [-0.3, -0.25) is 0 Å². The number of thioether (sulfide) groups is 1. The molecular weight excluding hydrogens is 561 g/mol. The number of allylic oxidation sites excluding steroid dienone is 3. The first kappa shape index (κ1) is 24.9. The van der Waals surface area contributed by atoms with Crippen molar-refractivity contribution in [2.45, 2.75) is 17.7 Å². The normalized spacial score (nSPS) is 16.4. The number of benzene rings is 6. The zero-order valence-electron chi connectivity index (χ0n) is 23.4. The topological polar surface area (TPSA) is 7.12 Å². The van der Waals surface area contributed by atoms with Gasteiger partial charge in [0.1, 0.15) is 4.70 Å². The number of hydrogen-bond donors (Lipinski definition) is 0. The molecule has 1 aliphatic heterocycles. The average molecular weight is 588 g/mol. The molecule has 4 heteroatoms. The zero-order valence-corrected chi connectivity index (χ0v) is 25.0. The van der Waals surface area contributed by atoms with Crippen molar-refractivity contribution in [1.82, 2.24) is 0 Å². The number of aromatic nitrogens is 1. The Morgan fingerprint density at radius 3 is 2.09 bits per heavy atom. The highest BCUT2D eigenvalue weighted by atomic mass is 32.2. The summed E-state index contributed by atoms with van der Waals surface area (Å²) in [7, 11) is 0. The van der Waals surface area contributed by atoms with Crippen LogP contribution in [-0.4, -0.2) is 0 Å². The summed E-state index contributed by atoms with van der Waals surface area (Å²) in [6.45, 7) is 0. The summed E-state index contributed by atoms with van der Waals surface area (Å²) in [6.07, 6.45) is 4.53. The molecule has 0 saturated carbocycles. The van der Waals surface area contributed by atoms with E-state index < -0.39 is 0 Å². The van der Waals surface area contributed by atoms with Crippen LogP contribution in [0, 0.1) is 0 Å². The van der Waals surface area contributed by atoms with E-state index in [1.807, 2.05) is 23.1 Å². The van der Waals surface area contributed by atoms with Gasteiger partial charge in [-0.25, -0.2) is 0 Å². The molecule has 6 aromatic carbocycles. The summed E-state index contributed by atoms with van der Waals surface area (Å²) in [4.78, 5) is 3.82. The van der Waals surface area contributed by atoms with Crippen molar-refractivity contribution in [3.05, 3.63) is 155 Å². The lowest BCUT2D eigenvalue weighted by atomic mass is 10.1. The quantitative estimate of drug-likeness (QED) is 0.190. The van der Waals surface area contributed by atoms with Crippen LogP contribution in [0.25, 0.3) is 43.0 Å². The number of nitrogens with zero attached hydrogens (tertiary/aromatic N) is 2. The lowest BCUT2D eigenvalue weighted by molar-refractivity contribution is -0.564. The summed E-state index contributed by atoms with van der Waals surface area (Å²) in [5.74, 6) is 0. The molecule has 2 nitrogen and oxygen atoms in total. The Morgan fingerprint density at radius 2 is 1.28 bits per heavy atom. The third kappa shape index (κ3) is 3.98. The number of anilines is 2. The highest BCUT2D eigenvalue weighted by Gasteiger charge is 2.34. The van der Waals surface area contributed by atoms with Gasteiger partial charge in [-0.1, -0.05) is 114 Å². The molecule has 7 aromatic rings. The number of rotatable bonds is 3. The molecule has 0 amide bonds. The van der Waals surface area contributed by atoms with Crippen LogP contribution in [0.15, 0.2) is 155 Å². The molecule has 0 bridgehead atoms. The van der Waals surface area contributed by atoms with Crippen LogP contribution in [0.2, 0.25) is 0 Å². The van der Waals surface area contributed by atoms with E-state index in [2.05, 4.69) is 149 Å². The van der Waals surface area contributed by atoms with Gasteiger partial charge in [-0.15, -0.1) is 4.57 Å².